The molecule has 0 fully saturated rings. The molecule has 2 heterocycles. The van der Waals surface area contributed by atoms with Crippen molar-refractivity contribution in [2.75, 3.05) is 5.32 Å². The third-order valence-electron chi connectivity index (χ3n) is 3.95. The fourth-order valence-corrected chi connectivity index (χ4v) is 2.68. The van der Waals surface area contributed by atoms with Crippen LogP contribution in [0, 0.1) is 6.92 Å². The van der Waals surface area contributed by atoms with Crippen molar-refractivity contribution in [2.45, 2.75) is 33.5 Å². The number of nitrogens with one attached hydrogen (secondary N) is 1. The van der Waals surface area contributed by atoms with Crippen molar-refractivity contribution >= 4 is 27.5 Å². The predicted molar refractivity (Wildman–Crippen MR) is 102 cm³/mol. The lowest BCUT2D eigenvalue weighted by Gasteiger charge is -2.07. The SMILES string of the molecule is CCc1ccc(OCn2cc(NC(=O)Cn3ncc(Br)c3C)cn2)cc1. The zero-order chi connectivity index (χ0) is 18.5. The Morgan fingerprint density at radius 2 is 2.00 bits per heavy atom. The highest BCUT2D eigenvalue weighted by molar-refractivity contribution is 9.10. The average molecular weight is 418 g/mol. The van der Waals surface area contributed by atoms with E-state index in [1.54, 1.807) is 28.0 Å². The Labute approximate surface area is 160 Å². The van der Waals surface area contributed by atoms with Crippen LogP contribution in [-0.2, 0) is 24.5 Å². The molecular weight excluding hydrogens is 398 g/mol. The number of ether oxygens (including phenoxy) is 1. The summed E-state index contributed by atoms with van der Waals surface area (Å²) >= 11 is 3.38. The average Bonchev–Trinajstić information content (AvgIpc) is 3.22. The number of anilines is 1. The van der Waals surface area contributed by atoms with Gasteiger partial charge >= 0.3 is 0 Å². The Balaban J connectivity index is 1.52. The summed E-state index contributed by atoms with van der Waals surface area (Å²) in [6.45, 7) is 4.42. The van der Waals surface area contributed by atoms with Crippen LogP contribution in [0.15, 0.2) is 47.3 Å². The summed E-state index contributed by atoms with van der Waals surface area (Å²) in [7, 11) is 0. The number of hydrogen-bond acceptors (Lipinski definition) is 4. The minimum absolute atomic E-state index is 0.142. The summed E-state index contributed by atoms with van der Waals surface area (Å²) in [6.07, 6.45) is 5.99. The van der Waals surface area contributed by atoms with E-state index in [0.29, 0.717) is 5.69 Å². The van der Waals surface area contributed by atoms with Gasteiger partial charge in [-0.3, -0.25) is 9.48 Å². The fourth-order valence-electron chi connectivity index (χ4n) is 2.38. The van der Waals surface area contributed by atoms with Crippen molar-refractivity contribution in [1.82, 2.24) is 19.6 Å². The topological polar surface area (TPSA) is 74.0 Å². The molecule has 0 aliphatic heterocycles. The number of amides is 1. The molecule has 0 unspecified atom stereocenters. The molecule has 0 aliphatic rings. The van der Waals surface area contributed by atoms with Crippen molar-refractivity contribution in [3.63, 3.8) is 0 Å². The number of carbonyl (C=O) groups is 1. The summed E-state index contributed by atoms with van der Waals surface area (Å²) in [4.78, 5) is 12.1. The second-order valence-corrected chi connectivity index (χ2v) is 6.68. The van der Waals surface area contributed by atoms with Gasteiger partial charge in [0.15, 0.2) is 6.73 Å². The summed E-state index contributed by atoms with van der Waals surface area (Å²) in [5.41, 5.74) is 2.78. The van der Waals surface area contributed by atoms with Gasteiger partial charge in [0.1, 0.15) is 12.3 Å². The van der Waals surface area contributed by atoms with Gasteiger partial charge in [0.05, 0.1) is 34.4 Å². The van der Waals surface area contributed by atoms with Crippen molar-refractivity contribution in [3.8, 4) is 5.75 Å². The van der Waals surface area contributed by atoms with E-state index in [2.05, 4.69) is 38.4 Å². The molecule has 8 heteroatoms. The maximum Gasteiger partial charge on any atom is 0.246 e. The predicted octanol–water partition coefficient (Wildman–Crippen LogP) is 3.39. The Morgan fingerprint density at radius 3 is 2.65 bits per heavy atom. The third kappa shape index (κ3) is 4.51. The van der Waals surface area contributed by atoms with Gasteiger partial charge in [0.25, 0.3) is 0 Å². The number of aryl methyl sites for hydroxylation is 1. The highest BCUT2D eigenvalue weighted by atomic mass is 79.9. The maximum atomic E-state index is 12.1. The van der Waals surface area contributed by atoms with Crippen molar-refractivity contribution in [2.24, 2.45) is 0 Å². The number of aromatic nitrogens is 4. The van der Waals surface area contributed by atoms with Gasteiger partial charge in [-0.2, -0.15) is 10.2 Å². The van der Waals surface area contributed by atoms with Crippen LogP contribution in [0.5, 0.6) is 5.75 Å². The van der Waals surface area contributed by atoms with E-state index in [-0.39, 0.29) is 19.2 Å². The van der Waals surface area contributed by atoms with Crippen LogP contribution in [-0.4, -0.2) is 25.5 Å². The molecule has 0 saturated carbocycles. The fraction of sp³-hybridized carbons (Fsp3) is 0.278. The van der Waals surface area contributed by atoms with Crippen LogP contribution in [0.25, 0.3) is 0 Å². The van der Waals surface area contributed by atoms with Crippen LogP contribution >= 0.6 is 15.9 Å². The smallest absolute Gasteiger partial charge is 0.246 e. The molecule has 0 saturated heterocycles. The Bertz CT molecular complexity index is 885. The molecule has 26 heavy (non-hydrogen) atoms. The molecule has 1 N–H and O–H groups in total. The number of hydrogen-bond donors (Lipinski definition) is 1. The summed E-state index contributed by atoms with van der Waals surface area (Å²) < 4.78 is 9.83. The Hall–Kier alpha value is -2.61. The van der Waals surface area contributed by atoms with Gasteiger partial charge < -0.3 is 10.1 Å². The Kier molecular flexibility index (Phi) is 5.72. The van der Waals surface area contributed by atoms with Gasteiger partial charge in [-0.15, -0.1) is 0 Å². The van der Waals surface area contributed by atoms with E-state index in [4.69, 9.17) is 4.74 Å². The zero-order valence-corrected chi connectivity index (χ0v) is 16.2. The number of carbonyl (C=O) groups excluding carboxylic acids is 1. The first-order chi connectivity index (χ1) is 12.5. The molecule has 1 amide bonds. The normalized spacial score (nSPS) is 10.7. The first-order valence-electron chi connectivity index (χ1n) is 8.27. The number of halogens is 1. The van der Waals surface area contributed by atoms with E-state index in [1.165, 1.54) is 5.56 Å². The van der Waals surface area contributed by atoms with E-state index < -0.39 is 0 Å². The van der Waals surface area contributed by atoms with E-state index in [9.17, 15) is 4.79 Å². The van der Waals surface area contributed by atoms with E-state index >= 15 is 0 Å². The first-order valence-corrected chi connectivity index (χ1v) is 9.06. The van der Waals surface area contributed by atoms with Crippen LogP contribution in [0.3, 0.4) is 0 Å². The lowest BCUT2D eigenvalue weighted by molar-refractivity contribution is -0.116. The van der Waals surface area contributed by atoms with Gasteiger partial charge in [-0.25, -0.2) is 4.68 Å². The lowest BCUT2D eigenvalue weighted by Crippen LogP contribution is -2.20. The molecule has 3 rings (SSSR count). The van der Waals surface area contributed by atoms with Crippen LogP contribution in [0.4, 0.5) is 5.69 Å². The summed E-state index contributed by atoms with van der Waals surface area (Å²) in [5, 5.41) is 11.1. The minimum Gasteiger partial charge on any atom is -0.471 e. The number of benzene rings is 1. The van der Waals surface area contributed by atoms with Gasteiger partial charge in [-0.1, -0.05) is 19.1 Å². The lowest BCUT2D eigenvalue weighted by atomic mass is 10.2. The number of rotatable bonds is 7. The number of nitrogens with zero attached hydrogens (tertiary/aromatic N) is 4. The molecule has 1 aromatic carbocycles. The van der Waals surface area contributed by atoms with Gasteiger partial charge in [-0.05, 0) is 47.0 Å². The second-order valence-electron chi connectivity index (χ2n) is 5.82. The third-order valence-corrected chi connectivity index (χ3v) is 4.73. The van der Waals surface area contributed by atoms with Crippen LogP contribution in [0.1, 0.15) is 18.2 Å². The second kappa shape index (κ2) is 8.18. The Morgan fingerprint density at radius 1 is 1.23 bits per heavy atom. The molecule has 2 aromatic heterocycles. The largest absolute Gasteiger partial charge is 0.471 e. The van der Waals surface area contributed by atoms with Crippen molar-refractivity contribution < 1.29 is 9.53 Å². The van der Waals surface area contributed by atoms with Gasteiger partial charge in [0, 0.05) is 0 Å². The zero-order valence-electron chi connectivity index (χ0n) is 14.6. The van der Waals surface area contributed by atoms with Crippen molar-refractivity contribution in [3.05, 3.63) is 58.6 Å². The molecular formula is C18H20BrN5O2. The summed E-state index contributed by atoms with van der Waals surface area (Å²) in [6, 6.07) is 7.96. The molecule has 3 aromatic rings. The summed E-state index contributed by atoms with van der Waals surface area (Å²) in [5.74, 6) is 0.613. The molecule has 136 valence electrons. The van der Waals surface area contributed by atoms with Gasteiger partial charge in [0.2, 0.25) is 5.91 Å². The molecule has 0 aliphatic carbocycles. The molecule has 7 nitrogen and oxygen atoms in total. The standard InChI is InChI=1S/C18H20BrN5O2/c1-3-14-4-6-16(7-5-14)26-12-23-10-15(8-20-23)22-18(25)11-24-13(2)17(19)9-21-24/h4-10H,3,11-12H2,1-2H3,(H,22,25). The first kappa shape index (κ1) is 18.2. The highest BCUT2D eigenvalue weighted by Gasteiger charge is 2.10. The molecule has 0 spiro atoms. The monoisotopic (exact) mass is 417 g/mol. The highest BCUT2D eigenvalue weighted by Crippen LogP contribution is 2.15. The quantitative estimate of drug-likeness (QED) is 0.639. The maximum absolute atomic E-state index is 12.1. The van der Waals surface area contributed by atoms with E-state index in [0.717, 1.165) is 22.3 Å². The van der Waals surface area contributed by atoms with Crippen molar-refractivity contribution in [1.29, 1.82) is 0 Å². The van der Waals surface area contributed by atoms with Crippen LogP contribution < -0.4 is 10.1 Å². The van der Waals surface area contributed by atoms with Crippen LogP contribution in [0.2, 0.25) is 0 Å². The minimum atomic E-state index is -0.167. The molecule has 0 atom stereocenters. The molecule has 0 bridgehead atoms. The van der Waals surface area contributed by atoms with E-state index in [1.807, 2.05) is 31.2 Å². The molecule has 0 radical (unpaired) electrons.